The van der Waals surface area contributed by atoms with Crippen LogP contribution < -0.4 is 10.2 Å². The van der Waals surface area contributed by atoms with Gasteiger partial charge in [0.25, 0.3) is 5.91 Å². The molecular formula is C15H12N2O4. The first-order valence-electron chi connectivity index (χ1n) is 6.28. The fourth-order valence-corrected chi connectivity index (χ4v) is 1.87. The van der Waals surface area contributed by atoms with E-state index in [1.54, 1.807) is 24.3 Å². The van der Waals surface area contributed by atoms with E-state index in [0.717, 1.165) is 16.7 Å². The molecular weight excluding hydrogens is 272 g/mol. The van der Waals surface area contributed by atoms with Gasteiger partial charge in [-0.2, -0.15) is 0 Å². The summed E-state index contributed by atoms with van der Waals surface area (Å²) in [5.74, 6) is 0.423. The molecule has 1 heterocycles. The van der Waals surface area contributed by atoms with Crippen molar-refractivity contribution in [3.05, 3.63) is 48.5 Å². The zero-order valence-electron chi connectivity index (χ0n) is 10.9. The van der Waals surface area contributed by atoms with Crippen LogP contribution in [-0.4, -0.2) is 22.7 Å². The van der Waals surface area contributed by atoms with Crippen LogP contribution in [0.15, 0.2) is 52.9 Å². The molecule has 0 radical (unpaired) electrons. The van der Waals surface area contributed by atoms with E-state index in [1.165, 1.54) is 5.48 Å². The summed E-state index contributed by atoms with van der Waals surface area (Å²) < 4.78 is 10.8. The van der Waals surface area contributed by atoms with Crippen LogP contribution in [0.3, 0.4) is 0 Å². The second kappa shape index (κ2) is 5.64. The lowest BCUT2D eigenvalue weighted by Crippen LogP contribution is -2.25. The van der Waals surface area contributed by atoms with E-state index in [4.69, 9.17) is 14.4 Å². The quantitative estimate of drug-likeness (QED) is 0.567. The summed E-state index contributed by atoms with van der Waals surface area (Å²) in [6, 6.07) is 14.5. The minimum atomic E-state index is -0.613. The average molecular weight is 284 g/mol. The number of benzene rings is 2. The molecule has 2 aromatic carbocycles. The van der Waals surface area contributed by atoms with Gasteiger partial charge in [0.15, 0.2) is 12.2 Å². The Kier molecular flexibility index (Phi) is 3.53. The van der Waals surface area contributed by atoms with Crippen LogP contribution in [0.25, 0.3) is 22.6 Å². The Morgan fingerprint density at radius 1 is 1.19 bits per heavy atom. The molecule has 6 nitrogen and oxygen atoms in total. The smallest absolute Gasteiger partial charge is 0.281 e. The molecule has 1 amide bonds. The van der Waals surface area contributed by atoms with E-state index in [1.807, 2.05) is 24.3 Å². The van der Waals surface area contributed by atoms with Crippen LogP contribution in [0, 0.1) is 0 Å². The maximum Gasteiger partial charge on any atom is 0.281 e. The number of fused-ring (bicyclic) bond motifs is 1. The molecule has 0 unspecified atom stereocenters. The Hall–Kier alpha value is -2.86. The predicted octanol–water partition coefficient (Wildman–Crippen LogP) is 2.38. The van der Waals surface area contributed by atoms with Gasteiger partial charge in [-0.05, 0) is 36.4 Å². The highest BCUT2D eigenvalue weighted by molar-refractivity contribution is 5.77. The van der Waals surface area contributed by atoms with E-state index in [2.05, 4.69) is 4.98 Å². The van der Waals surface area contributed by atoms with Crippen molar-refractivity contribution in [2.75, 3.05) is 6.61 Å². The molecule has 0 aliphatic rings. The van der Waals surface area contributed by atoms with Gasteiger partial charge in [0.05, 0.1) is 0 Å². The third kappa shape index (κ3) is 2.85. The molecule has 3 aromatic rings. The number of para-hydroxylation sites is 2. The van der Waals surface area contributed by atoms with Gasteiger partial charge in [0.2, 0.25) is 5.89 Å². The number of hydroxylamine groups is 1. The van der Waals surface area contributed by atoms with Gasteiger partial charge < -0.3 is 9.15 Å². The molecule has 0 fully saturated rings. The molecule has 0 bridgehead atoms. The zero-order chi connectivity index (χ0) is 14.7. The molecule has 6 heteroatoms. The van der Waals surface area contributed by atoms with Gasteiger partial charge >= 0.3 is 0 Å². The van der Waals surface area contributed by atoms with E-state index in [9.17, 15) is 4.79 Å². The molecule has 21 heavy (non-hydrogen) atoms. The lowest BCUT2D eigenvalue weighted by Gasteiger charge is -2.04. The molecule has 106 valence electrons. The number of nitrogens with one attached hydrogen (secondary N) is 1. The molecule has 0 aliphatic carbocycles. The van der Waals surface area contributed by atoms with Gasteiger partial charge in [-0.25, -0.2) is 10.5 Å². The molecule has 1 aromatic heterocycles. The second-order valence-corrected chi connectivity index (χ2v) is 4.33. The number of aromatic nitrogens is 1. The average Bonchev–Trinajstić information content (AvgIpc) is 2.97. The number of ether oxygens (including phenoxy) is 1. The van der Waals surface area contributed by atoms with Gasteiger partial charge in [0.1, 0.15) is 11.3 Å². The number of nitrogens with zero attached hydrogens (tertiary/aromatic N) is 1. The van der Waals surface area contributed by atoms with Crippen molar-refractivity contribution in [1.82, 2.24) is 10.5 Å². The minimum absolute atomic E-state index is 0.251. The van der Waals surface area contributed by atoms with Crippen LogP contribution in [0.5, 0.6) is 5.75 Å². The van der Waals surface area contributed by atoms with Crippen LogP contribution in [0.1, 0.15) is 0 Å². The zero-order valence-corrected chi connectivity index (χ0v) is 10.9. The summed E-state index contributed by atoms with van der Waals surface area (Å²) in [4.78, 5) is 15.3. The standard InChI is InChI=1S/C15H12N2O4/c18-14(17-19)9-20-11-7-5-10(6-8-11)15-16-12-3-1-2-4-13(12)21-15/h1-8,19H,9H2,(H,17,18). The molecule has 2 N–H and O–H groups in total. The Morgan fingerprint density at radius 3 is 2.67 bits per heavy atom. The highest BCUT2D eigenvalue weighted by atomic mass is 16.5. The summed E-state index contributed by atoms with van der Waals surface area (Å²) in [5, 5.41) is 8.37. The Morgan fingerprint density at radius 2 is 1.95 bits per heavy atom. The Balaban J connectivity index is 1.78. The number of hydrogen-bond donors (Lipinski definition) is 2. The summed E-state index contributed by atoms with van der Waals surface area (Å²) in [5.41, 5.74) is 3.84. The van der Waals surface area contributed by atoms with Crippen molar-refractivity contribution in [1.29, 1.82) is 0 Å². The van der Waals surface area contributed by atoms with E-state index in [-0.39, 0.29) is 6.61 Å². The fourth-order valence-electron chi connectivity index (χ4n) is 1.87. The number of carbonyl (C=O) groups is 1. The molecule has 0 atom stereocenters. The van der Waals surface area contributed by atoms with Gasteiger partial charge in [-0.15, -0.1) is 0 Å². The second-order valence-electron chi connectivity index (χ2n) is 4.33. The predicted molar refractivity (Wildman–Crippen MR) is 74.9 cm³/mol. The number of oxazole rings is 1. The van der Waals surface area contributed by atoms with Crippen molar-refractivity contribution >= 4 is 17.0 Å². The number of rotatable bonds is 4. The molecule has 0 spiro atoms. The molecule has 3 rings (SSSR count). The van der Waals surface area contributed by atoms with E-state index >= 15 is 0 Å². The van der Waals surface area contributed by atoms with Gasteiger partial charge in [-0.3, -0.25) is 10.0 Å². The largest absolute Gasteiger partial charge is 0.484 e. The van der Waals surface area contributed by atoms with Crippen LogP contribution in [0.2, 0.25) is 0 Å². The maximum absolute atomic E-state index is 10.9. The lowest BCUT2D eigenvalue weighted by atomic mass is 10.2. The molecule has 0 saturated carbocycles. The Labute approximate surface area is 119 Å². The third-order valence-corrected chi connectivity index (χ3v) is 2.89. The first kappa shape index (κ1) is 13.1. The van der Waals surface area contributed by atoms with Crippen molar-refractivity contribution in [2.45, 2.75) is 0 Å². The topological polar surface area (TPSA) is 84.6 Å². The third-order valence-electron chi connectivity index (χ3n) is 2.89. The van der Waals surface area contributed by atoms with Crippen molar-refractivity contribution in [2.24, 2.45) is 0 Å². The number of hydrogen-bond acceptors (Lipinski definition) is 5. The highest BCUT2D eigenvalue weighted by Gasteiger charge is 2.08. The van der Waals surface area contributed by atoms with Crippen molar-refractivity contribution < 1.29 is 19.2 Å². The first-order chi connectivity index (χ1) is 10.3. The van der Waals surface area contributed by atoms with Gasteiger partial charge in [0, 0.05) is 5.56 Å². The summed E-state index contributed by atoms with van der Waals surface area (Å²) in [6.45, 7) is -0.251. The summed E-state index contributed by atoms with van der Waals surface area (Å²) >= 11 is 0. The maximum atomic E-state index is 10.9. The van der Waals surface area contributed by atoms with Crippen LogP contribution in [0.4, 0.5) is 0 Å². The summed E-state index contributed by atoms with van der Waals surface area (Å²) in [7, 11) is 0. The lowest BCUT2D eigenvalue weighted by molar-refractivity contribution is -0.131. The molecule has 0 saturated heterocycles. The Bertz CT molecular complexity index is 732. The summed E-state index contributed by atoms with van der Waals surface area (Å²) in [6.07, 6.45) is 0. The number of amides is 1. The van der Waals surface area contributed by atoms with Crippen molar-refractivity contribution in [3.63, 3.8) is 0 Å². The van der Waals surface area contributed by atoms with Crippen LogP contribution in [-0.2, 0) is 4.79 Å². The SMILES string of the molecule is O=C(COc1ccc(-c2nc3ccccc3o2)cc1)NO. The highest BCUT2D eigenvalue weighted by Crippen LogP contribution is 2.25. The van der Waals surface area contributed by atoms with Crippen LogP contribution >= 0.6 is 0 Å². The molecule has 0 aliphatic heterocycles. The fraction of sp³-hybridized carbons (Fsp3) is 0.0667. The first-order valence-corrected chi connectivity index (χ1v) is 6.28. The number of carbonyl (C=O) groups excluding carboxylic acids is 1. The van der Waals surface area contributed by atoms with Crippen molar-refractivity contribution in [3.8, 4) is 17.2 Å². The van der Waals surface area contributed by atoms with Gasteiger partial charge in [-0.1, -0.05) is 12.1 Å². The monoisotopic (exact) mass is 284 g/mol. The van der Waals surface area contributed by atoms with E-state index < -0.39 is 5.91 Å². The minimum Gasteiger partial charge on any atom is -0.484 e. The van der Waals surface area contributed by atoms with E-state index in [0.29, 0.717) is 11.6 Å². The normalized spacial score (nSPS) is 10.5.